The van der Waals surface area contributed by atoms with Crippen molar-refractivity contribution in [2.75, 3.05) is 17.2 Å². The molecular formula is C23H23Cl2N3O3. The van der Waals surface area contributed by atoms with Gasteiger partial charge in [-0.05, 0) is 68.5 Å². The van der Waals surface area contributed by atoms with Gasteiger partial charge in [-0.2, -0.15) is 0 Å². The van der Waals surface area contributed by atoms with Crippen LogP contribution in [-0.4, -0.2) is 35.2 Å². The van der Waals surface area contributed by atoms with Gasteiger partial charge in [0, 0.05) is 28.9 Å². The Morgan fingerprint density at radius 3 is 2.48 bits per heavy atom. The summed E-state index contributed by atoms with van der Waals surface area (Å²) < 4.78 is 0. The minimum atomic E-state index is -0.605. The molecule has 1 saturated heterocycles. The van der Waals surface area contributed by atoms with E-state index in [0.717, 1.165) is 24.8 Å². The maximum atomic E-state index is 13.1. The number of likely N-dealkylation sites (tertiary alicyclic amines) is 1. The van der Waals surface area contributed by atoms with Crippen molar-refractivity contribution in [2.24, 2.45) is 5.92 Å². The second-order valence-corrected chi connectivity index (χ2v) is 8.91. The molecule has 1 unspecified atom stereocenters. The number of halogens is 2. The molecule has 0 bridgehead atoms. The minimum Gasteiger partial charge on any atom is -0.327 e. The minimum absolute atomic E-state index is 0.00657. The third kappa shape index (κ3) is 4.86. The molecule has 1 atom stereocenters. The number of amides is 3. The smallest absolute Gasteiger partial charge is 0.256 e. The van der Waals surface area contributed by atoms with Crippen LogP contribution >= 0.6 is 23.2 Å². The predicted octanol–water partition coefficient (Wildman–Crippen LogP) is 4.89. The van der Waals surface area contributed by atoms with Crippen molar-refractivity contribution < 1.29 is 14.4 Å². The zero-order valence-corrected chi connectivity index (χ0v) is 18.6. The van der Waals surface area contributed by atoms with Crippen LogP contribution in [0.15, 0.2) is 36.4 Å². The fourth-order valence-electron chi connectivity index (χ4n) is 3.74. The fourth-order valence-corrected chi connectivity index (χ4v) is 4.11. The zero-order chi connectivity index (χ0) is 22.1. The fraction of sp³-hybridized carbons (Fsp3) is 0.348. The first-order valence-electron chi connectivity index (χ1n) is 10.3. The summed E-state index contributed by atoms with van der Waals surface area (Å²) in [6, 6.07) is 9.53. The molecular weight excluding hydrogens is 437 g/mol. The SMILES string of the molecule is Cc1ccc(NC(=O)C2CC2)cc1NC(=O)C1CCCN1C(=O)c1cc(Cl)ccc1Cl. The van der Waals surface area contributed by atoms with Gasteiger partial charge in [-0.3, -0.25) is 14.4 Å². The Bertz CT molecular complexity index is 1050. The number of aryl methyl sites for hydroxylation is 1. The van der Waals surface area contributed by atoms with Crippen molar-refractivity contribution in [3.05, 3.63) is 57.6 Å². The van der Waals surface area contributed by atoms with Crippen LogP contribution in [0, 0.1) is 12.8 Å². The molecule has 1 aliphatic carbocycles. The van der Waals surface area contributed by atoms with Crippen molar-refractivity contribution >= 4 is 52.3 Å². The molecule has 4 rings (SSSR count). The largest absolute Gasteiger partial charge is 0.327 e. The number of hydrogen-bond acceptors (Lipinski definition) is 3. The number of benzene rings is 2. The zero-order valence-electron chi connectivity index (χ0n) is 17.1. The molecule has 2 aliphatic rings. The highest BCUT2D eigenvalue weighted by atomic mass is 35.5. The van der Waals surface area contributed by atoms with Crippen LogP contribution < -0.4 is 10.6 Å². The average molecular weight is 460 g/mol. The standard InChI is InChI=1S/C23H23Cl2N3O3/c1-13-4-8-16(26-21(29)14-5-6-14)12-19(13)27-22(30)20-3-2-10-28(20)23(31)17-11-15(24)7-9-18(17)25/h4,7-9,11-12,14,20H,2-3,5-6,10H2,1H3,(H,26,29)(H,27,30). The molecule has 2 aromatic carbocycles. The third-order valence-electron chi connectivity index (χ3n) is 5.69. The summed E-state index contributed by atoms with van der Waals surface area (Å²) in [5.74, 6) is -0.479. The molecule has 8 heteroatoms. The van der Waals surface area contributed by atoms with Crippen molar-refractivity contribution in [1.29, 1.82) is 0 Å². The number of hydrogen-bond donors (Lipinski definition) is 2. The summed E-state index contributed by atoms with van der Waals surface area (Å²) in [5.41, 5.74) is 2.41. The van der Waals surface area contributed by atoms with E-state index in [1.54, 1.807) is 23.1 Å². The quantitative estimate of drug-likeness (QED) is 0.667. The second-order valence-electron chi connectivity index (χ2n) is 8.06. The molecule has 1 heterocycles. The summed E-state index contributed by atoms with van der Waals surface area (Å²) in [4.78, 5) is 39.7. The van der Waals surface area contributed by atoms with Crippen molar-refractivity contribution in [3.63, 3.8) is 0 Å². The third-order valence-corrected chi connectivity index (χ3v) is 6.25. The van der Waals surface area contributed by atoms with Gasteiger partial charge < -0.3 is 15.5 Å². The van der Waals surface area contributed by atoms with E-state index < -0.39 is 6.04 Å². The van der Waals surface area contributed by atoms with Crippen LogP contribution in [0.25, 0.3) is 0 Å². The topological polar surface area (TPSA) is 78.5 Å². The molecule has 2 N–H and O–H groups in total. The van der Waals surface area contributed by atoms with Crippen LogP contribution in [0.2, 0.25) is 10.0 Å². The summed E-state index contributed by atoms with van der Waals surface area (Å²) in [6.07, 6.45) is 3.12. The van der Waals surface area contributed by atoms with E-state index in [-0.39, 0.29) is 29.2 Å². The number of anilines is 2. The highest BCUT2D eigenvalue weighted by Gasteiger charge is 2.35. The van der Waals surface area contributed by atoms with Gasteiger partial charge in [-0.1, -0.05) is 29.3 Å². The monoisotopic (exact) mass is 459 g/mol. The van der Waals surface area contributed by atoms with Crippen LogP contribution in [0.3, 0.4) is 0 Å². The molecule has 1 aliphatic heterocycles. The Morgan fingerprint density at radius 2 is 1.74 bits per heavy atom. The van der Waals surface area contributed by atoms with E-state index in [2.05, 4.69) is 10.6 Å². The van der Waals surface area contributed by atoms with Gasteiger partial charge in [0.15, 0.2) is 0 Å². The molecule has 0 spiro atoms. The van der Waals surface area contributed by atoms with E-state index >= 15 is 0 Å². The van der Waals surface area contributed by atoms with E-state index in [9.17, 15) is 14.4 Å². The Hall–Kier alpha value is -2.57. The average Bonchev–Trinajstić information content (AvgIpc) is 3.48. The lowest BCUT2D eigenvalue weighted by Crippen LogP contribution is -2.43. The van der Waals surface area contributed by atoms with E-state index in [0.29, 0.717) is 34.4 Å². The van der Waals surface area contributed by atoms with Gasteiger partial charge >= 0.3 is 0 Å². The van der Waals surface area contributed by atoms with Crippen LogP contribution in [0.5, 0.6) is 0 Å². The summed E-state index contributed by atoms with van der Waals surface area (Å²) in [6.45, 7) is 2.35. The van der Waals surface area contributed by atoms with E-state index in [4.69, 9.17) is 23.2 Å². The molecule has 2 aromatic rings. The highest BCUT2D eigenvalue weighted by molar-refractivity contribution is 6.35. The Labute approximate surface area is 190 Å². The Kier molecular flexibility index (Phi) is 6.21. The lowest BCUT2D eigenvalue weighted by atomic mass is 10.1. The lowest BCUT2D eigenvalue weighted by molar-refractivity contribution is -0.119. The summed E-state index contributed by atoms with van der Waals surface area (Å²) in [5, 5.41) is 6.53. The number of carbonyl (C=O) groups excluding carboxylic acids is 3. The second kappa shape index (κ2) is 8.89. The molecule has 2 fully saturated rings. The van der Waals surface area contributed by atoms with E-state index in [1.165, 1.54) is 6.07 Å². The van der Waals surface area contributed by atoms with Gasteiger partial charge in [0.2, 0.25) is 11.8 Å². The summed E-state index contributed by atoms with van der Waals surface area (Å²) >= 11 is 12.2. The molecule has 31 heavy (non-hydrogen) atoms. The van der Waals surface area contributed by atoms with Gasteiger partial charge in [-0.25, -0.2) is 0 Å². The number of nitrogens with zero attached hydrogens (tertiary/aromatic N) is 1. The van der Waals surface area contributed by atoms with Crippen molar-refractivity contribution in [3.8, 4) is 0 Å². The highest BCUT2D eigenvalue weighted by Crippen LogP contribution is 2.31. The van der Waals surface area contributed by atoms with Crippen LogP contribution in [0.4, 0.5) is 11.4 Å². The molecule has 162 valence electrons. The van der Waals surface area contributed by atoms with Crippen LogP contribution in [0.1, 0.15) is 41.6 Å². The van der Waals surface area contributed by atoms with Gasteiger partial charge in [-0.15, -0.1) is 0 Å². The Balaban J connectivity index is 1.49. The molecule has 3 amide bonds. The molecule has 1 saturated carbocycles. The molecule has 6 nitrogen and oxygen atoms in total. The van der Waals surface area contributed by atoms with Crippen molar-refractivity contribution in [2.45, 2.75) is 38.6 Å². The lowest BCUT2D eigenvalue weighted by Gasteiger charge is -2.25. The predicted molar refractivity (Wildman–Crippen MR) is 122 cm³/mol. The number of rotatable bonds is 5. The maximum absolute atomic E-state index is 13.1. The number of nitrogens with one attached hydrogen (secondary N) is 2. The first kappa shape index (κ1) is 21.7. The normalized spacial score (nSPS) is 18.0. The van der Waals surface area contributed by atoms with E-state index in [1.807, 2.05) is 19.1 Å². The van der Waals surface area contributed by atoms with Gasteiger partial charge in [0.05, 0.1) is 10.6 Å². The van der Waals surface area contributed by atoms with Gasteiger partial charge in [0.25, 0.3) is 5.91 Å². The first-order chi connectivity index (χ1) is 14.8. The van der Waals surface area contributed by atoms with Gasteiger partial charge in [0.1, 0.15) is 6.04 Å². The number of carbonyl (C=O) groups is 3. The maximum Gasteiger partial charge on any atom is 0.256 e. The molecule has 0 radical (unpaired) electrons. The first-order valence-corrected chi connectivity index (χ1v) is 11.1. The van der Waals surface area contributed by atoms with Crippen molar-refractivity contribution in [1.82, 2.24) is 4.90 Å². The molecule has 0 aromatic heterocycles. The van der Waals surface area contributed by atoms with Crippen LogP contribution in [-0.2, 0) is 9.59 Å². The Morgan fingerprint density at radius 1 is 0.968 bits per heavy atom. The summed E-state index contributed by atoms with van der Waals surface area (Å²) in [7, 11) is 0.